The molecule has 1 amide bonds. The average molecular weight is 380 g/mol. The molecule has 1 aliphatic rings. The van der Waals surface area contributed by atoms with Crippen LogP contribution in [0.2, 0.25) is 0 Å². The van der Waals surface area contributed by atoms with Crippen molar-refractivity contribution in [2.45, 2.75) is 36.1 Å². The van der Waals surface area contributed by atoms with Crippen molar-refractivity contribution < 1.29 is 9.53 Å². The number of ether oxygens (including phenoxy) is 1. The number of H-pyrrole nitrogens is 1. The van der Waals surface area contributed by atoms with Crippen LogP contribution in [-0.2, 0) is 4.79 Å². The Hall–Kier alpha value is -2.80. The highest BCUT2D eigenvalue weighted by Crippen LogP contribution is 2.38. The molecule has 0 aliphatic heterocycles. The number of nitrogens with one attached hydrogen (secondary N) is 2. The molecule has 0 spiro atoms. The molecule has 4 rings (SSSR count). The van der Waals surface area contributed by atoms with Crippen molar-refractivity contribution in [3.63, 3.8) is 0 Å². The Labute approximate surface area is 161 Å². The maximum Gasteiger partial charge on any atom is 0.237 e. The lowest BCUT2D eigenvalue weighted by Gasteiger charge is -2.11. The maximum atomic E-state index is 12.4. The van der Waals surface area contributed by atoms with Crippen LogP contribution in [0, 0.1) is 0 Å². The van der Waals surface area contributed by atoms with Gasteiger partial charge in [-0.25, -0.2) is 4.98 Å². The van der Waals surface area contributed by atoms with Gasteiger partial charge in [0.15, 0.2) is 0 Å². The zero-order valence-corrected chi connectivity index (χ0v) is 15.7. The molecule has 1 saturated carbocycles. The summed E-state index contributed by atoms with van der Waals surface area (Å²) in [6.45, 7) is 1.85. The van der Waals surface area contributed by atoms with E-state index in [1.807, 2.05) is 61.5 Å². The number of anilines is 1. The highest BCUT2D eigenvalue weighted by Gasteiger charge is 2.27. The minimum atomic E-state index is -0.298. The molecule has 2 N–H and O–H groups in total. The number of carbonyl (C=O) groups is 1. The van der Waals surface area contributed by atoms with Gasteiger partial charge in [-0.05, 0) is 56.2 Å². The summed E-state index contributed by atoms with van der Waals surface area (Å²) in [4.78, 5) is 16.9. The van der Waals surface area contributed by atoms with Crippen molar-refractivity contribution in [1.82, 2.24) is 15.2 Å². The average Bonchev–Trinajstić information content (AvgIpc) is 3.43. The van der Waals surface area contributed by atoms with Gasteiger partial charge in [-0.3, -0.25) is 9.89 Å². The molecule has 1 heterocycles. The van der Waals surface area contributed by atoms with Crippen LogP contribution in [0.5, 0.6) is 11.5 Å². The molecule has 0 bridgehead atoms. The second-order valence-corrected chi connectivity index (χ2v) is 7.77. The predicted octanol–water partition coefficient (Wildman–Crippen LogP) is 4.59. The molecule has 27 heavy (non-hydrogen) atoms. The first kappa shape index (κ1) is 17.6. The first-order chi connectivity index (χ1) is 13.2. The van der Waals surface area contributed by atoms with Gasteiger partial charge in [-0.15, -0.1) is 5.10 Å². The Kier molecular flexibility index (Phi) is 5.11. The Morgan fingerprint density at radius 2 is 1.85 bits per heavy atom. The molecule has 0 radical (unpaired) electrons. The van der Waals surface area contributed by atoms with Gasteiger partial charge in [-0.2, -0.15) is 0 Å². The highest BCUT2D eigenvalue weighted by atomic mass is 32.2. The number of thioether (sulfide) groups is 1. The first-order valence-corrected chi connectivity index (χ1v) is 9.78. The summed E-state index contributed by atoms with van der Waals surface area (Å²) in [7, 11) is 0. The third kappa shape index (κ3) is 4.68. The first-order valence-electron chi connectivity index (χ1n) is 8.90. The molecule has 6 nitrogen and oxygen atoms in total. The zero-order valence-electron chi connectivity index (χ0n) is 14.9. The molecule has 1 aromatic heterocycles. The Morgan fingerprint density at radius 3 is 2.56 bits per heavy atom. The summed E-state index contributed by atoms with van der Waals surface area (Å²) in [5.41, 5.74) is 0.724. The quantitative estimate of drug-likeness (QED) is 0.586. The molecule has 7 heteroatoms. The van der Waals surface area contributed by atoms with Crippen LogP contribution >= 0.6 is 11.8 Å². The normalized spacial score (nSPS) is 14.6. The van der Waals surface area contributed by atoms with Gasteiger partial charge in [0.25, 0.3) is 0 Å². The van der Waals surface area contributed by atoms with E-state index in [1.54, 1.807) is 0 Å². The van der Waals surface area contributed by atoms with E-state index in [0.717, 1.165) is 23.0 Å². The number of rotatable bonds is 7. The summed E-state index contributed by atoms with van der Waals surface area (Å²) >= 11 is 1.35. The smallest absolute Gasteiger partial charge is 0.237 e. The van der Waals surface area contributed by atoms with Crippen LogP contribution in [0.3, 0.4) is 0 Å². The largest absolute Gasteiger partial charge is 0.457 e. The molecule has 138 valence electrons. The highest BCUT2D eigenvalue weighted by molar-refractivity contribution is 8.00. The SMILES string of the molecule is CC(Sc1n[nH]c(C2CC2)n1)C(=O)Nc1ccc(Oc2ccccc2)cc1. The van der Waals surface area contributed by atoms with Gasteiger partial charge < -0.3 is 10.1 Å². The van der Waals surface area contributed by atoms with Crippen molar-refractivity contribution >= 4 is 23.4 Å². The van der Waals surface area contributed by atoms with E-state index in [0.29, 0.717) is 11.1 Å². The minimum Gasteiger partial charge on any atom is -0.457 e. The Bertz CT molecular complexity index is 907. The van der Waals surface area contributed by atoms with Gasteiger partial charge in [0, 0.05) is 11.6 Å². The number of hydrogen-bond acceptors (Lipinski definition) is 5. The van der Waals surface area contributed by atoms with Gasteiger partial charge in [0.1, 0.15) is 17.3 Å². The van der Waals surface area contributed by atoms with Crippen molar-refractivity contribution in [1.29, 1.82) is 0 Å². The van der Waals surface area contributed by atoms with E-state index in [9.17, 15) is 4.79 Å². The van der Waals surface area contributed by atoms with Gasteiger partial charge in [0.05, 0.1) is 5.25 Å². The summed E-state index contributed by atoms with van der Waals surface area (Å²) in [5.74, 6) is 2.85. The number of nitrogens with zero attached hydrogens (tertiary/aromatic N) is 2. The summed E-state index contributed by atoms with van der Waals surface area (Å²) in [5, 5.41) is 10.4. The van der Waals surface area contributed by atoms with Crippen molar-refractivity contribution in [3.8, 4) is 11.5 Å². The fourth-order valence-corrected chi connectivity index (χ4v) is 3.27. The van der Waals surface area contributed by atoms with E-state index in [4.69, 9.17) is 4.74 Å². The lowest BCUT2D eigenvalue weighted by Crippen LogP contribution is -2.22. The summed E-state index contributed by atoms with van der Waals surface area (Å²) < 4.78 is 5.75. The van der Waals surface area contributed by atoms with E-state index in [-0.39, 0.29) is 11.2 Å². The van der Waals surface area contributed by atoms with E-state index >= 15 is 0 Å². The predicted molar refractivity (Wildman–Crippen MR) is 105 cm³/mol. The lowest BCUT2D eigenvalue weighted by molar-refractivity contribution is -0.115. The number of carbonyl (C=O) groups excluding carboxylic acids is 1. The topological polar surface area (TPSA) is 79.9 Å². The van der Waals surface area contributed by atoms with Gasteiger partial charge in [-0.1, -0.05) is 30.0 Å². The van der Waals surface area contributed by atoms with E-state index in [1.165, 1.54) is 24.6 Å². The molecule has 1 aliphatic carbocycles. The van der Waals surface area contributed by atoms with Crippen molar-refractivity contribution in [2.75, 3.05) is 5.32 Å². The Morgan fingerprint density at radius 1 is 1.15 bits per heavy atom. The van der Waals surface area contributed by atoms with E-state index < -0.39 is 0 Å². The van der Waals surface area contributed by atoms with Crippen LogP contribution in [0.25, 0.3) is 0 Å². The standard InChI is InChI=1S/C20H20N4O2S/c1-13(27-20-22-18(23-24-20)14-7-8-14)19(25)21-15-9-11-17(12-10-15)26-16-5-3-2-4-6-16/h2-6,9-14H,7-8H2,1H3,(H,21,25)(H,22,23,24). The molecule has 0 saturated heterocycles. The van der Waals surface area contributed by atoms with Crippen LogP contribution in [-0.4, -0.2) is 26.3 Å². The third-order valence-electron chi connectivity index (χ3n) is 4.20. The molecular formula is C20H20N4O2S. The number of aromatic amines is 1. The van der Waals surface area contributed by atoms with E-state index in [2.05, 4.69) is 20.5 Å². The van der Waals surface area contributed by atoms with Gasteiger partial charge in [0.2, 0.25) is 11.1 Å². The monoisotopic (exact) mass is 380 g/mol. The van der Waals surface area contributed by atoms with Crippen LogP contribution in [0.1, 0.15) is 31.5 Å². The number of hydrogen-bond donors (Lipinski definition) is 2. The third-order valence-corrected chi connectivity index (χ3v) is 5.16. The molecule has 2 aromatic carbocycles. The molecule has 1 unspecified atom stereocenters. The number of amides is 1. The Balaban J connectivity index is 1.31. The maximum absolute atomic E-state index is 12.4. The summed E-state index contributed by atoms with van der Waals surface area (Å²) in [6.07, 6.45) is 2.33. The fourth-order valence-electron chi connectivity index (χ4n) is 2.54. The fraction of sp³-hybridized carbons (Fsp3) is 0.250. The second kappa shape index (κ2) is 7.84. The van der Waals surface area contributed by atoms with Crippen LogP contribution < -0.4 is 10.1 Å². The van der Waals surface area contributed by atoms with Crippen LogP contribution in [0.15, 0.2) is 59.8 Å². The number of benzene rings is 2. The van der Waals surface area contributed by atoms with Crippen molar-refractivity contribution in [3.05, 3.63) is 60.4 Å². The van der Waals surface area contributed by atoms with Crippen LogP contribution in [0.4, 0.5) is 5.69 Å². The molecule has 1 fully saturated rings. The molecule has 3 aromatic rings. The summed E-state index contributed by atoms with van der Waals surface area (Å²) in [6, 6.07) is 16.9. The minimum absolute atomic E-state index is 0.0884. The zero-order chi connectivity index (χ0) is 18.6. The van der Waals surface area contributed by atoms with Gasteiger partial charge >= 0.3 is 0 Å². The number of aromatic nitrogens is 3. The molecular weight excluding hydrogens is 360 g/mol. The number of para-hydroxylation sites is 1. The second-order valence-electron chi connectivity index (χ2n) is 6.47. The molecule has 1 atom stereocenters. The van der Waals surface area contributed by atoms with Crippen molar-refractivity contribution in [2.24, 2.45) is 0 Å². The lowest BCUT2D eigenvalue weighted by atomic mass is 10.3.